The van der Waals surface area contributed by atoms with Gasteiger partial charge in [-0.1, -0.05) is 27.0 Å². The number of hydrogen-bond acceptors (Lipinski definition) is 18. The molecule has 0 aliphatic heterocycles. The van der Waals surface area contributed by atoms with Gasteiger partial charge in [0, 0.05) is 110 Å². The lowest BCUT2D eigenvalue weighted by Crippen LogP contribution is -2.91. The van der Waals surface area contributed by atoms with Gasteiger partial charge in [0.05, 0.1) is 0 Å². The van der Waals surface area contributed by atoms with Crippen molar-refractivity contribution in [3.8, 4) is 0 Å². The average molecular weight is 961 g/mol. The predicted octanol–water partition coefficient (Wildman–Crippen LogP) is 7.43. The molecule has 0 N–H and O–H groups in total. The second-order valence-electron chi connectivity index (χ2n) is 15.1. The van der Waals surface area contributed by atoms with Crippen LogP contribution in [-0.4, -0.2) is 150 Å². The quantitative estimate of drug-likeness (QED) is 0.0352. The fourth-order valence-corrected chi connectivity index (χ4v) is 9.96. The van der Waals surface area contributed by atoms with Crippen LogP contribution < -0.4 is 0 Å². The highest BCUT2D eigenvalue weighted by molar-refractivity contribution is 5.83. The molecular weight excluding hydrogens is 877 g/mol. The molecule has 18 nitrogen and oxygen atoms in total. The number of carbonyl (C=O) groups excluding carboxylic acids is 2. The molecule has 2 rings (SSSR count). The second kappa shape index (κ2) is 26.0. The first-order chi connectivity index (χ1) is 32.0. The fourth-order valence-electron chi connectivity index (χ4n) is 9.96. The van der Waals surface area contributed by atoms with Gasteiger partial charge in [-0.25, -0.2) is 9.59 Å². The minimum absolute atomic E-state index is 0.0339. The van der Waals surface area contributed by atoms with E-state index in [1.807, 2.05) is 0 Å². The van der Waals surface area contributed by atoms with Crippen LogP contribution in [0.2, 0.25) is 0 Å². The van der Waals surface area contributed by atoms with E-state index in [9.17, 15) is 9.59 Å². The van der Waals surface area contributed by atoms with Crippen LogP contribution in [0.3, 0.4) is 0 Å². The normalized spacial score (nSPS) is 23.5. The summed E-state index contributed by atoms with van der Waals surface area (Å²) in [7, 11) is 0. The molecule has 67 heavy (non-hydrogen) atoms. The molecule has 0 aromatic rings. The second-order valence-corrected chi connectivity index (χ2v) is 15.1. The van der Waals surface area contributed by atoms with Crippen LogP contribution >= 0.6 is 0 Å². The summed E-state index contributed by atoms with van der Waals surface area (Å²) in [6.07, 6.45) is 5.00. The maximum absolute atomic E-state index is 13.8. The van der Waals surface area contributed by atoms with Gasteiger partial charge >= 0.3 is 11.9 Å². The fraction of sp³-hybridized carbons (Fsp3) is 0.796. The number of rotatable bonds is 34. The summed E-state index contributed by atoms with van der Waals surface area (Å²) in [6.45, 7) is 34.6. The number of ether oxygens (including phenoxy) is 16. The Bertz CT molecular complexity index is 1490. The zero-order valence-electron chi connectivity index (χ0n) is 43.5. The van der Waals surface area contributed by atoms with Crippen LogP contribution in [0.15, 0.2) is 49.0 Å². The van der Waals surface area contributed by atoms with E-state index in [0.717, 1.165) is 12.2 Å². The van der Waals surface area contributed by atoms with Gasteiger partial charge in [0.15, 0.2) is 22.7 Å². The van der Waals surface area contributed by atoms with E-state index >= 15 is 0 Å². The van der Waals surface area contributed by atoms with Gasteiger partial charge in [0.2, 0.25) is 0 Å². The summed E-state index contributed by atoms with van der Waals surface area (Å²) in [5, 5.41) is 0. The lowest BCUT2D eigenvalue weighted by atomic mass is 9.51. The highest BCUT2D eigenvalue weighted by Crippen LogP contribution is 2.70. The Balaban J connectivity index is 4.06. The molecule has 0 radical (unpaired) electrons. The Labute approximate surface area is 400 Å². The number of carbonyl (C=O) groups is 2. The van der Waals surface area contributed by atoms with Crippen molar-refractivity contribution in [3.63, 3.8) is 0 Å². The van der Waals surface area contributed by atoms with Crippen LogP contribution in [-0.2, 0) is 85.4 Å². The van der Waals surface area contributed by atoms with Gasteiger partial charge in [-0.15, -0.1) is 0 Å². The van der Waals surface area contributed by atoms with Crippen LogP contribution in [0, 0.1) is 5.41 Å². The van der Waals surface area contributed by atoms with Gasteiger partial charge in [0.25, 0.3) is 34.7 Å². The van der Waals surface area contributed by atoms with Crippen LogP contribution in [0.5, 0.6) is 0 Å². The predicted molar refractivity (Wildman–Crippen MR) is 247 cm³/mol. The molecule has 0 heterocycles. The summed E-state index contributed by atoms with van der Waals surface area (Å²) in [6, 6.07) is 0. The van der Waals surface area contributed by atoms with Crippen molar-refractivity contribution in [2.75, 3.05) is 92.5 Å². The van der Waals surface area contributed by atoms with Crippen LogP contribution in [0.1, 0.15) is 111 Å². The third kappa shape index (κ3) is 9.39. The monoisotopic (exact) mass is 961 g/mol. The minimum Gasteiger partial charge on any atom is -0.422 e. The molecule has 0 aromatic carbocycles. The average Bonchev–Trinajstić information content (AvgIpc) is 3.28. The summed E-state index contributed by atoms with van der Waals surface area (Å²) < 4.78 is 111. The first-order valence-electron chi connectivity index (χ1n) is 24.1. The van der Waals surface area contributed by atoms with E-state index in [4.69, 9.17) is 75.8 Å². The molecule has 18 heteroatoms. The molecular formula is C49H84O18. The molecule has 2 unspecified atom stereocenters. The van der Waals surface area contributed by atoms with E-state index < -0.39 is 63.3 Å². The van der Waals surface area contributed by atoms with Crippen LogP contribution in [0.25, 0.3) is 0 Å². The number of hydrogen-bond donors (Lipinski definition) is 0. The molecule has 0 fully saturated rings. The Morgan fingerprint density at radius 2 is 0.597 bits per heavy atom. The van der Waals surface area contributed by atoms with Crippen molar-refractivity contribution >= 4 is 11.9 Å². The van der Waals surface area contributed by atoms with Gasteiger partial charge in [0.1, 0.15) is 0 Å². The zero-order valence-corrected chi connectivity index (χ0v) is 43.5. The van der Waals surface area contributed by atoms with E-state index in [1.54, 1.807) is 111 Å². The van der Waals surface area contributed by atoms with Crippen molar-refractivity contribution in [2.24, 2.45) is 5.41 Å². The third-order valence-electron chi connectivity index (χ3n) is 11.6. The largest absolute Gasteiger partial charge is 0.422 e. The maximum Gasteiger partial charge on any atom is 0.335 e. The molecule has 0 spiro atoms. The Morgan fingerprint density at radius 1 is 0.388 bits per heavy atom. The Morgan fingerprint density at radius 3 is 0.791 bits per heavy atom. The lowest BCUT2D eigenvalue weighted by Gasteiger charge is -2.71. The molecule has 0 aromatic heterocycles. The van der Waals surface area contributed by atoms with Crippen molar-refractivity contribution in [2.45, 2.75) is 157 Å². The summed E-state index contributed by atoms with van der Waals surface area (Å²) in [4.78, 5) is 27.6. The van der Waals surface area contributed by atoms with Crippen molar-refractivity contribution in [1.29, 1.82) is 0 Å². The van der Waals surface area contributed by atoms with Crippen molar-refractivity contribution in [1.82, 2.24) is 0 Å². The van der Waals surface area contributed by atoms with Gasteiger partial charge in [-0.05, 0) is 109 Å². The smallest absolute Gasteiger partial charge is 0.335 e. The first-order valence-corrected chi connectivity index (χ1v) is 24.1. The van der Waals surface area contributed by atoms with E-state index in [2.05, 4.69) is 13.2 Å². The number of esters is 2. The molecule has 0 bridgehead atoms. The molecule has 0 amide bonds. The maximum atomic E-state index is 13.8. The topological polar surface area (TPSA) is 182 Å². The summed E-state index contributed by atoms with van der Waals surface area (Å²) in [5.41, 5.74) is -6.41. The highest BCUT2D eigenvalue weighted by Gasteiger charge is 2.91. The lowest BCUT2D eigenvalue weighted by molar-refractivity contribution is -0.547. The molecule has 388 valence electrons. The summed E-state index contributed by atoms with van der Waals surface area (Å²) >= 11 is 0. The van der Waals surface area contributed by atoms with E-state index in [1.165, 1.54) is 12.2 Å². The van der Waals surface area contributed by atoms with E-state index in [-0.39, 0.29) is 104 Å². The SMILES string of the molecule is C=CC(=O)OC1=CC(OCC)(C(C)(C)C2(OCC)C=C(OC(=O)C=C)C(OCC)(OCC)C(OCC)(OCC)C2(OCC)OCC)C(OCC)(OCC)C(OCC)(OCC)C1(OCC)OCC. The van der Waals surface area contributed by atoms with Gasteiger partial charge < -0.3 is 75.8 Å². The molecule has 0 saturated heterocycles. The van der Waals surface area contributed by atoms with Gasteiger partial charge in [-0.3, -0.25) is 0 Å². The Hall–Kier alpha value is -2.66. The minimum atomic E-state index is -2.42. The first kappa shape index (κ1) is 60.5. The van der Waals surface area contributed by atoms with E-state index in [0.29, 0.717) is 0 Å². The van der Waals surface area contributed by atoms with Crippen LogP contribution in [0.4, 0.5) is 0 Å². The van der Waals surface area contributed by atoms with Gasteiger partial charge in [-0.2, -0.15) is 0 Å². The molecule has 0 saturated carbocycles. The summed E-state index contributed by atoms with van der Waals surface area (Å²) in [5.74, 6) is -16.5. The molecule has 2 aliphatic carbocycles. The molecule has 2 aliphatic rings. The standard InChI is InChI=1S/C49H84O18/c1-19-39(50)66-37-35-42(52-21-3,46(58-27-9,59-28-10)48(62-31-13,63-32-14)44(37,54-23-5)55-24-6)41(17,18)43(53-22-4)36-38(67-40(51)20-2)45(56-25-7,57-26-8)49(64-33-15,65-34-16)47(43,60-29-11)61-30-12/h19-20,35-36H,1-2,21-34H2,3-18H3. The zero-order chi connectivity index (χ0) is 50.9. The third-order valence-corrected chi connectivity index (χ3v) is 11.6. The molecule has 2 atom stereocenters. The Kier molecular flexibility index (Phi) is 23.4. The highest BCUT2D eigenvalue weighted by atomic mass is 16.9. The van der Waals surface area contributed by atoms with Crippen molar-refractivity contribution < 1.29 is 85.4 Å². The van der Waals surface area contributed by atoms with Crippen molar-refractivity contribution in [3.05, 3.63) is 49.0 Å².